The summed E-state index contributed by atoms with van der Waals surface area (Å²) in [4.78, 5) is 27.4. The van der Waals surface area contributed by atoms with E-state index in [1.165, 1.54) is 0 Å². The van der Waals surface area contributed by atoms with Crippen LogP contribution in [-0.2, 0) is 11.2 Å². The molecule has 148 valence electrons. The highest BCUT2D eigenvalue weighted by atomic mass is 16.2. The van der Waals surface area contributed by atoms with E-state index in [9.17, 15) is 9.59 Å². The van der Waals surface area contributed by atoms with Gasteiger partial charge in [-0.05, 0) is 42.8 Å². The number of urea groups is 1. The summed E-state index contributed by atoms with van der Waals surface area (Å²) in [5, 5.41) is 21.6. The molecule has 1 aliphatic heterocycles. The highest BCUT2D eigenvalue weighted by molar-refractivity contribution is 6.03. The predicted octanol–water partition coefficient (Wildman–Crippen LogP) is 1.54. The third-order valence-corrected chi connectivity index (χ3v) is 4.77. The Morgan fingerprint density at radius 2 is 2.07 bits per heavy atom. The Morgan fingerprint density at radius 3 is 2.90 bits per heavy atom. The van der Waals surface area contributed by atoms with Crippen LogP contribution in [0.4, 0.5) is 4.79 Å². The van der Waals surface area contributed by atoms with Crippen LogP contribution in [0.3, 0.4) is 0 Å². The van der Waals surface area contributed by atoms with E-state index in [1.807, 2.05) is 24.3 Å². The molecule has 1 saturated heterocycles. The summed E-state index contributed by atoms with van der Waals surface area (Å²) >= 11 is 0. The maximum absolute atomic E-state index is 11.7. The van der Waals surface area contributed by atoms with Crippen LogP contribution in [0.15, 0.2) is 53.8 Å². The largest absolute Gasteiger partial charge is 0.345 e. The summed E-state index contributed by atoms with van der Waals surface area (Å²) in [5.74, 6) is 0.295. The summed E-state index contributed by atoms with van der Waals surface area (Å²) in [6.45, 7) is 1.62. The minimum absolute atomic E-state index is 0.104. The Kier molecular flexibility index (Phi) is 4.16. The quantitative estimate of drug-likeness (QED) is 0.410. The summed E-state index contributed by atoms with van der Waals surface area (Å²) in [6.07, 6.45) is 2.31. The minimum Gasteiger partial charge on any atom is -0.275 e. The number of aromatic nitrogens is 5. The first-order valence-corrected chi connectivity index (χ1v) is 9.29. The first-order chi connectivity index (χ1) is 14.6. The molecule has 0 bridgehead atoms. The van der Waals surface area contributed by atoms with Gasteiger partial charge in [-0.15, -0.1) is 10.2 Å². The molecule has 10 heteroatoms. The van der Waals surface area contributed by atoms with Crippen molar-refractivity contribution in [3.63, 3.8) is 0 Å². The molecule has 5 rings (SSSR count). The zero-order valence-corrected chi connectivity index (χ0v) is 16.0. The van der Waals surface area contributed by atoms with Gasteiger partial charge in [-0.1, -0.05) is 12.1 Å². The number of nitrogens with zero attached hydrogens (tertiary/aromatic N) is 7. The van der Waals surface area contributed by atoms with E-state index in [-0.39, 0.29) is 12.5 Å². The number of benzene rings is 1. The summed E-state index contributed by atoms with van der Waals surface area (Å²) in [6, 6.07) is 13.0. The van der Waals surface area contributed by atoms with Crippen molar-refractivity contribution in [2.45, 2.75) is 13.3 Å². The van der Waals surface area contributed by atoms with Crippen molar-refractivity contribution in [1.29, 1.82) is 0 Å². The number of carbonyl (C=O) groups is 2. The van der Waals surface area contributed by atoms with Crippen LogP contribution in [0, 0.1) is 0 Å². The molecule has 1 fully saturated rings. The number of rotatable bonds is 4. The van der Waals surface area contributed by atoms with E-state index in [1.54, 1.807) is 29.8 Å². The second kappa shape index (κ2) is 6.99. The fourth-order valence-electron chi connectivity index (χ4n) is 3.30. The van der Waals surface area contributed by atoms with Crippen LogP contribution in [-0.4, -0.2) is 54.0 Å². The standard InChI is InChI=1S/C20H16N8O2/c1-12(25-27-11-19(29)22-20(27)30)15-6-7-17-23-24-18(28(17)26-15)10-13-4-5-16-14(9-13)3-2-8-21-16/h2-9H,10-11H2,1H3,(H,22,29,30). The lowest BCUT2D eigenvalue weighted by molar-refractivity contribution is -0.118. The highest BCUT2D eigenvalue weighted by Crippen LogP contribution is 2.16. The zero-order valence-electron chi connectivity index (χ0n) is 16.0. The van der Waals surface area contributed by atoms with E-state index < -0.39 is 6.03 Å². The van der Waals surface area contributed by atoms with E-state index >= 15 is 0 Å². The first-order valence-electron chi connectivity index (χ1n) is 9.29. The van der Waals surface area contributed by atoms with Gasteiger partial charge < -0.3 is 0 Å². The van der Waals surface area contributed by atoms with Gasteiger partial charge in [0, 0.05) is 18.0 Å². The number of imide groups is 1. The summed E-state index contributed by atoms with van der Waals surface area (Å²) < 4.78 is 1.66. The topological polar surface area (TPSA) is 118 Å². The Labute approximate surface area is 170 Å². The number of hydrogen-bond acceptors (Lipinski definition) is 7. The minimum atomic E-state index is -0.545. The van der Waals surface area contributed by atoms with E-state index in [0.717, 1.165) is 21.5 Å². The van der Waals surface area contributed by atoms with Crippen LogP contribution in [0.25, 0.3) is 16.6 Å². The molecule has 1 aromatic carbocycles. The molecular weight excluding hydrogens is 384 g/mol. The molecule has 10 nitrogen and oxygen atoms in total. The van der Waals surface area contributed by atoms with Gasteiger partial charge in [-0.3, -0.25) is 15.1 Å². The third-order valence-electron chi connectivity index (χ3n) is 4.77. The normalized spacial score (nSPS) is 14.7. The SMILES string of the molecule is CC(=NN1CC(=O)NC1=O)c1ccc2nnc(Cc3ccc4ncccc4c3)n2n1. The monoisotopic (exact) mass is 400 g/mol. The number of carbonyl (C=O) groups excluding carboxylic acids is 2. The maximum atomic E-state index is 11.7. The highest BCUT2D eigenvalue weighted by Gasteiger charge is 2.26. The van der Waals surface area contributed by atoms with Crippen molar-refractivity contribution in [3.05, 3.63) is 65.7 Å². The number of nitrogens with one attached hydrogen (secondary N) is 1. The van der Waals surface area contributed by atoms with Crippen LogP contribution >= 0.6 is 0 Å². The molecule has 1 N–H and O–H groups in total. The van der Waals surface area contributed by atoms with Gasteiger partial charge in [-0.25, -0.2) is 9.80 Å². The number of hydrogen-bond donors (Lipinski definition) is 1. The molecule has 0 saturated carbocycles. The van der Waals surface area contributed by atoms with Crippen molar-refractivity contribution in [2.24, 2.45) is 5.10 Å². The fraction of sp³-hybridized carbons (Fsp3) is 0.150. The summed E-state index contributed by atoms with van der Waals surface area (Å²) in [5.41, 5.74) is 3.66. The molecule has 0 spiro atoms. The van der Waals surface area contributed by atoms with Crippen LogP contribution in [0.1, 0.15) is 24.0 Å². The maximum Gasteiger partial charge on any atom is 0.345 e. The molecule has 30 heavy (non-hydrogen) atoms. The summed E-state index contributed by atoms with van der Waals surface area (Å²) in [7, 11) is 0. The second-order valence-electron chi connectivity index (χ2n) is 6.91. The zero-order chi connectivity index (χ0) is 20.7. The van der Waals surface area contributed by atoms with Crippen molar-refractivity contribution in [2.75, 3.05) is 6.54 Å². The number of fused-ring (bicyclic) bond motifs is 2. The molecule has 4 heterocycles. The molecule has 0 atom stereocenters. The molecular formula is C20H16N8O2. The molecule has 3 amide bonds. The van der Waals surface area contributed by atoms with E-state index in [4.69, 9.17) is 0 Å². The Morgan fingerprint density at radius 1 is 1.17 bits per heavy atom. The van der Waals surface area contributed by atoms with Crippen molar-refractivity contribution >= 4 is 34.2 Å². The lowest BCUT2D eigenvalue weighted by atomic mass is 10.1. The average molecular weight is 400 g/mol. The van der Waals surface area contributed by atoms with E-state index in [2.05, 4.69) is 36.8 Å². The van der Waals surface area contributed by atoms with E-state index in [0.29, 0.717) is 29.3 Å². The van der Waals surface area contributed by atoms with Gasteiger partial charge >= 0.3 is 6.03 Å². The van der Waals surface area contributed by atoms with Crippen molar-refractivity contribution in [1.82, 2.24) is 35.1 Å². The van der Waals surface area contributed by atoms with Gasteiger partial charge in [0.05, 0.1) is 11.2 Å². The number of pyridine rings is 1. The Bertz CT molecular complexity index is 1340. The van der Waals surface area contributed by atoms with Gasteiger partial charge in [0.2, 0.25) is 5.91 Å². The lowest BCUT2D eigenvalue weighted by Crippen LogP contribution is -2.25. The third kappa shape index (κ3) is 3.24. The molecule has 0 unspecified atom stereocenters. The number of hydrazone groups is 1. The average Bonchev–Trinajstić information content (AvgIpc) is 3.29. The molecule has 0 aliphatic carbocycles. The van der Waals surface area contributed by atoms with Gasteiger partial charge in [-0.2, -0.15) is 14.7 Å². The van der Waals surface area contributed by atoms with Crippen LogP contribution in [0.5, 0.6) is 0 Å². The van der Waals surface area contributed by atoms with Gasteiger partial charge in [0.25, 0.3) is 0 Å². The fourth-order valence-corrected chi connectivity index (χ4v) is 3.30. The predicted molar refractivity (Wildman–Crippen MR) is 108 cm³/mol. The molecule has 3 aromatic heterocycles. The van der Waals surface area contributed by atoms with Crippen molar-refractivity contribution in [3.8, 4) is 0 Å². The number of amides is 3. The lowest BCUT2D eigenvalue weighted by Gasteiger charge is -2.08. The second-order valence-corrected chi connectivity index (χ2v) is 6.91. The first kappa shape index (κ1) is 17.9. The van der Waals surface area contributed by atoms with Gasteiger partial charge in [0.15, 0.2) is 11.5 Å². The molecule has 1 aliphatic rings. The van der Waals surface area contributed by atoms with Crippen molar-refractivity contribution < 1.29 is 9.59 Å². The Hall–Kier alpha value is -4.21. The molecule has 0 radical (unpaired) electrons. The van der Waals surface area contributed by atoms with Crippen LogP contribution < -0.4 is 5.32 Å². The Balaban J connectivity index is 1.46. The molecule has 4 aromatic rings. The smallest absolute Gasteiger partial charge is 0.275 e. The van der Waals surface area contributed by atoms with Gasteiger partial charge in [0.1, 0.15) is 12.2 Å². The van der Waals surface area contributed by atoms with Crippen LogP contribution in [0.2, 0.25) is 0 Å².